The SMILES string of the molecule is CC(C)(C)OC(=O)N[C@@H](Cc1cnc2nc(C#N)cn2c1)C(=O)OC(C)(C)C. The molecule has 0 saturated heterocycles. The van der Waals surface area contributed by atoms with E-state index in [1.54, 1.807) is 52.1 Å². The molecule has 0 fully saturated rings. The standard InChI is InChI=1S/C19H25N5O4/c1-18(2,3)27-15(25)14(23-17(26)28-19(4,5)6)7-12-9-21-16-22-13(8-20)11-24(16)10-12/h9-11,14H,7H2,1-6H3,(H,23,26)/t14-/m0/s1. The highest BCUT2D eigenvalue weighted by Crippen LogP contribution is 2.13. The molecule has 0 unspecified atom stereocenters. The highest BCUT2D eigenvalue weighted by molar-refractivity contribution is 5.82. The maximum Gasteiger partial charge on any atom is 0.408 e. The summed E-state index contributed by atoms with van der Waals surface area (Å²) in [6.07, 6.45) is 4.20. The molecule has 9 nitrogen and oxygen atoms in total. The fraction of sp³-hybridized carbons (Fsp3) is 0.526. The molecule has 28 heavy (non-hydrogen) atoms. The van der Waals surface area contributed by atoms with Crippen molar-refractivity contribution >= 4 is 17.8 Å². The van der Waals surface area contributed by atoms with E-state index in [1.807, 2.05) is 6.07 Å². The van der Waals surface area contributed by atoms with Gasteiger partial charge in [0.05, 0.1) is 0 Å². The number of carbonyl (C=O) groups excluding carboxylic acids is 2. The van der Waals surface area contributed by atoms with Gasteiger partial charge in [0.2, 0.25) is 5.78 Å². The Morgan fingerprint density at radius 3 is 2.39 bits per heavy atom. The van der Waals surface area contributed by atoms with Crippen molar-refractivity contribution in [3.8, 4) is 6.07 Å². The smallest absolute Gasteiger partial charge is 0.408 e. The summed E-state index contributed by atoms with van der Waals surface area (Å²) in [7, 11) is 0. The predicted molar refractivity (Wildman–Crippen MR) is 100 cm³/mol. The van der Waals surface area contributed by atoms with Crippen molar-refractivity contribution < 1.29 is 19.1 Å². The van der Waals surface area contributed by atoms with Crippen LogP contribution in [0, 0.1) is 11.3 Å². The third-order valence-electron chi connectivity index (χ3n) is 3.30. The van der Waals surface area contributed by atoms with E-state index in [2.05, 4.69) is 15.3 Å². The van der Waals surface area contributed by atoms with Gasteiger partial charge in [-0.3, -0.25) is 4.40 Å². The van der Waals surface area contributed by atoms with E-state index in [1.165, 1.54) is 12.4 Å². The number of nitrogens with zero attached hydrogens (tertiary/aromatic N) is 4. The summed E-state index contributed by atoms with van der Waals surface area (Å²) in [5.41, 5.74) is -0.520. The van der Waals surface area contributed by atoms with E-state index >= 15 is 0 Å². The summed E-state index contributed by atoms with van der Waals surface area (Å²) in [5, 5.41) is 11.5. The van der Waals surface area contributed by atoms with Gasteiger partial charge in [0, 0.05) is 25.0 Å². The first-order valence-electron chi connectivity index (χ1n) is 8.82. The number of fused-ring (bicyclic) bond motifs is 1. The highest BCUT2D eigenvalue weighted by Gasteiger charge is 2.29. The second kappa shape index (κ2) is 7.84. The molecule has 0 aliphatic carbocycles. The van der Waals surface area contributed by atoms with Crippen LogP contribution in [0.3, 0.4) is 0 Å². The molecule has 0 radical (unpaired) electrons. The Hall–Kier alpha value is -3.15. The van der Waals surface area contributed by atoms with Crippen molar-refractivity contribution in [3.05, 3.63) is 29.8 Å². The number of alkyl carbamates (subject to hydrolysis) is 1. The second-order valence-electron chi connectivity index (χ2n) is 8.34. The van der Waals surface area contributed by atoms with Crippen LogP contribution in [0.15, 0.2) is 18.6 Å². The van der Waals surface area contributed by atoms with E-state index in [4.69, 9.17) is 14.7 Å². The van der Waals surface area contributed by atoms with Crippen molar-refractivity contribution in [2.24, 2.45) is 0 Å². The zero-order valence-corrected chi connectivity index (χ0v) is 16.9. The third-order valence-corrected chi connectivity index (χ3v) is 3.30. The molecule has 2 rings (SSSR count). The number of ether oxygens (including phenoxy) is 2. The molecule has 2 aromatic heterocycles. The Labute approximate surface area is 163 Å². The van der Waals surface area contributed by atoms with Gasteiger partial charge < -0.3 is 14.8 Å². The third kappa shape index (κ3) is 6.23. The predicted octanol–water partition coefficient (Wildman–Crippen LogP) is 2.38. The van der Waals surface area contributed by atoms with Crippen molar-refractivity contribution in [1.29, 1.82) is 5.26 Å². The molecule has 1 atom stereocenters. The first kappa shape index (κ1) is 21.2. The van der Waals surface area contributed by atoms with Crippen molar-refractivity contribution in [2.45, 2.75) is 65.2 Å². The molecule has 0 aliphatic heterocycles. The summed E-state index contributed by atoms with van der Waals surface area (Å²) in [4.78, 5) is 33.0. The maximum atomic E-state index is 12.6. The average molecular weight is 387 g/mol. The van der Waals surface area contributed by atoms with Crippen LogP contribution in [0.25, 0.3) is 5.78 Å². The topological polar surface area (TPSA) is 119 Å². The maximum absolute atomic E-state index is 12.6. The highest BCUT2D eigenvalue weighted by atomic mass is 16.6. The lowest BCUT2D eigenvalue weighted by Crippen LogP contribution is -2.47. The molecule has 1 N–H and O–H groups in total. The van der Waals surface area contributed by atoms with Gasteiger partial charge in [0.1, 0.15) is 23.3 Å². The number of nitriles is 1. The van der Waals surface area contributed by atoms with Crippen LogP contribution in [-0.2, 0) is 20.7 Å². The Morgan fingerprint density at radius 2 is 1.82 bits per heavy atom. The molecule has 0 spiro atoms. The molecule has 1 amide bonds. The number of esters is 1. The molecule has 2 heterocycles. The van der Waals surface area contributed by atoms with E-state index < -0.39 is 29.3 Å². The molecule has 2 aromatic rings. The van der Waals surface area contributed by atoms with Crippen molar-refractivity contribution in [3.63, 3.8) is 0 Å². The number of rotatable bonds is 4. The summed E-state index contributed by atoms with van der Waals surface area (Å²) in [5.74, 6) is -0.212. The zero-order valence-electron chi connectivity index (χ0n) is 16.9. The Bertz CT molecular complexity index is 915. The van der Waals surface area contributed by atoms with Gasteiger partial charge in [-0.05, 0) is 47.1 Å². The first-order chi connectivity index (χ1) is 12.9. The normalized spacial score (nSPS) is 12.9. The van der Waals surface area contributed by atoms with Crippen LogP contribution in [0.2, 0.25) is 0 Å². The molecule has 0 bridgehead atoms. The summed E-state index contributed by atoms with van der Waals surface area (Å²) < 4.78 is 12.3. The van der Waals surface area contributed by atoms with Crippen molar-refractivity contribution in [2.75, 3.05) is 0 Å². The number of carbonyl (C=O) groups is 2. The summed E-state index contributed by atoms with van der Waals surface area (Å²) >= 11 is 0. The molecule has 9 heteroatoms. The van der Waals surface area contributed by atoms with Gasteiger partial charge in [-0.15, -0.1) is 0 Å². The fourth-order valence-electron chi connectivity index (χ4n) is 2.34. The number of aromatic nitrogens is 3. The number of imidazole rings is 1. The average Bonchev–Trinajstić information content (AvgIpc) is 2.93. The molecular formula is C19H25N5O4. The van der Waals surface area contributed by atoms with Crippen LogP contribution >= 0.6 is 0 Å². The van der Waals surface area contributed by atoms with Gasteiger partial charge in [0.25, 0.3) is 0 Å². The number of nitrogens with one attached hydrogen (secondary N) is 1. The Balaban J connectivity index is 2.24. The summed E-state index contributed by atoms with van der Waals surface area (Å²) in [6, 6.07) is 0.983. The van der Waals surface area contributed by atoms with E-state index in [9.17, 15) is 9.59 Å². The van der Waals surface area contributed by atoms with Gasteiger partial charge in [-0.2, -0.15) is 10.2 Å². The van der Waals surface area contributed by atoms with Gasteiger partial charge in [0.15, 0.2) is 5.69 Å². The minimum atomic E-state index is -0.965. The van der Waals surface area contributed by atoms with Gasteiger partial charge in [-0.25, -0.2) is 14.6 Å². The Kier molecular flexibility index (Phi) is 5.92. The number of hydrogen-bond donors (Lipinski definition) is 1. The molecule has 150 valence electrons. The number of hydrogen-bond acceptors (Lipinski definition) is 7. The lowest BCUT2D eigenvalue weighted by atomic mass is 10.1. The van der Waals surface area contributed by atoms with Gasteiger partial charge in [-0.1, -0.05) is 0 Å². The second-order valence-corrected chi connectivity index (χ2v) is 8.34. The molecule has 0 saturated carbocycles. The largest absolute Gasteiger partial charge is 0.458 e. The minimum Gasteiger partial charge on any atom is -0.458 e. The van der Waals surface area contributed by atoms with Crippen LogP contribution < -0.4 is 5.32 Å². The van der Waals surface area contributed by atoms with E-state index in [-0.39, 0.29) is 12.1 Å². The molecule has 0 aromatic carbocycles. The minimum absolute atomic E-state index is 0.136. The van der Waals surface area contributed by atoms with Crippen LogP contribution in [-0.4, -0.2) is 43.7 Å². The van der Waals surface area contributed by atoms with Crippen molar-refractivity contribution in [1.82, 2.24) is 19.7 Å². The Morgan fingerprint density at radius 1 is 1.18 bits per heavy atom. The quantitative estimate of drug-likeness (QED) is 0.800. The lowest BCUT2D eigenvalue weighted by Gasteiger charge is -2.26. The monoisotopic (exact) mass is 387 g/mol. The zero-order chi connectivity index (χ0) is 21.1. The van der Waals surface area contributed by atoms with Crippen LogP contribution in [0.4, 0.5) is 4.79 Å². The first-order valence-corrected chi connectivity index (χ1v) is 8.82. The van der Waals surface area contributed by atoms with Crippen LogP contribution in [0.1, 0.15) is 52.8 Å². The number of amides is 1. The fourth-order valence-corrected chi connectivity index (χ4v) is 2.34. The van der Waals surface area contributed by atoms with Crippen LogP contribution in [0.5, 0.6) is 0 Å². The summed E-state index contributed by atoms with van der Waals surface area (Å²) in [6.45, 7) is 10.4. The van der Waals surface area contributed by atoms with E-state index in [0.717, 1.165) is 0 Å². The van der Waals surface area contributed by atoms with E-state index in [0.29, 0.717) is 11.3 Å². The van der Waals surface area contributed by atoms with Gasteiger partial charge >= 0.3 is 12.1 Å². The molecular weight excluding hydrogens is 362 g/mol. The lowest BCUT2D eigenvalue weighted by molar-refractivity contribution is -0.157. The molecule has 0 aliphatic rings.